The lowest BCUT2D eigenvalue weighted by Crippen LogP contribution is -2.06. The molecule has 2 aromatic carbocycles. The van der Waals surface area contributed by atoms with Gasteiger partial charge in [0.25, 0.3) is 0 Å². The number of aromatic nitrogens is 1. The fraction of sp³-hybridized carbons (Fsp3) is 0.118. The van der Waals surface area contributed by atoms with Gasteiger partial charge in [-0.05, 0) is 49.3 Å². The van der Waals surface area contributed by atoms with Crippen LogP contribution in [0, 0.1) is 13.8 Å². The van der Waals surface area contributed by atoms with Gasteiger partial charge < -0.3 is 15.4 Å². The number of nitrogens with one attached hydrogen (secondary N) is 2. The monoisotopic (exact) mass is 324 g/mol. The zero-order chi connectivity index (χ0) is 16.4. The lowest BCUT2D eigenvalue weighted by Gasteiger charge is -2.07. The Kier molecular flexibility index (Phi) is 4.08. The molecule has 0 aliphatic rings. The third-order valence-electron chi connectivity index (χ3n) is 3.54. The molecule has 0 atom stereocenters. The van der Waals surface area contributed by atoms with Gasteiger partial charge in [0.05, 0.1) is 5.52 Å². The SMILES string of the molecule is Cc1ccc(C)c(NC(=S)N=Nc2c(O)[nH]c3ccccc23)c1. The molecule has 0 radical (unpaired) electrons. The number of fused-ring (bicyclic) bond motifs is 1. The quantitative estimate of drug-likeness (QED) is 0.460. The Morgan fingerprint density at radius 2 is 1.96 bits per heavy atom. The molecule has 0 unspecified atom stereocenters. The topological polar surface area (TPSA) is 72.8 Å². The van der Waals surface area contributed by atoms with Crippen molar-refractivity contribution in [1.29, 1.82) is 0 Å². The number of thiocarbonyl (C=S) groups is 1. The van der Waals surface area contributed by atoms with E-state index in [-0.39, 0.29) is 11.0 Å². The van der Waals surface area contributed by atoms with Gasteiger partial charge in [-0.25, -0.2) is 0 Å². The smallest absolute Gasteiger partial charge is 0.218 e. The van der Waals surface area contributed by atoms with E-state index in [2.05, 4.69) is 20.5 Å². The van der Waals surface area contributed by atoms with Gasteiger partial charge in [-0.2, -0.15) is 0 Å². The molecule has 1 heterocycles. The van der Waals surface area contributed by atoms with Gasteiger partial charge in [0.2, 0.25) is 11.0 Å². The van der Waals surface area contributed by atoms with Crippen molar-refractivity contribution >= 4 is 39.6 Å². The molecule has 0 amide bonds. The van der Waals surface area contributed by atoms with Crippen LogP contribution in [0.4, 0.5) is 11.4 Å². The van der Waals surface area contributed by atoms with E-state index < -0.39 is 0 Å². The second-order valence-corrected chi connectivity index (χ2v) is 5.70. The highest BCUT2D eigenvalue weighted by atomic mass is 32.1. The van der Waals surface area contributed by atoms with Crippen molar-refractivity contribution in [3.8, 4) is 5.88 Å². The summed E-state index contributed by atoms with van der Waals surface area (Å²) < 4.78 is 0. The first kappa shape index (κ1) is 15.2. The van der Waals surface area contributed by atoms with Gasteiger partial charge in [-0.3, -0.25) is 0 Å². The van der Waals surface area contributed by atoms with Crippen LogP contribution in [0.25, 0.3) is 10.9 Å². The van der Waals surface area contributed by atoms with Crippen molar-refractivity contribution in [2.75, 3.05) is 5.32 Å². The number of azo groups is 1. The number of hydrogen-bond acceptors (Lipinski definition) is 3. The average molecular weight is 324 g/mol. The minimum Gasteiger partial charge on any atom is -0.493 e. The molecule has 0 saturated carbocycles. The Hall–Kier alpha value is -2.73. The normalized spacial score (nSPS) is 11.2. The maximum absolute atomic E-state index is 9.94. The molecule has 5 nitrogen and oxygen atoms in total. The maximum atomic E-state index is 9.94. The molecule has 0 spiro atoms. The van der Waals surface area contributed by atoms with Crippen LogP contribution in [-0.4, -0.2) is 15.2 Å². The summed E-state index contributed by atoms with van der Waals surface area (Å²) in [6, 6.07) is 13.5. The molecule has 0 aliphatic heterocycles. The van der Waals surface area contributed by atoms with Crippen LogP contribution in [0.15, 0.2) is 52.7 Å². The fourth-order valence-electron chi connectivity index (χ4n) is 2.32. The van der Waals surface area contributed by atoms with Gasteiger partial charge in [0, 0.05) is 11.1 Å². The van der Waals surface area contributed by atoms with Gasteiger partial charge in [-0.1, -0.05) is 30.3 Å². The molecule has 0 fully saturated rings. The Labute approximate surface area is 139 Å². The molecule has 23 heavy (non-hydrogen) atoms. The Balaban J connectivity index is 1.83. The number of anilines is 1. The van der Waals surface area contributed by atoms with E-state index in [4.69, 9.17) is 12.2 Å². The summed E-state index contributed by atoms with van der Waals surface area (Å²) in [6.07, 6.45) is 0. The third-order valence-corrected chi connectivity index (χ3v) is 3.72. The van der Waals surface area contributed by atoms with Crippen LogP contribution in [0.5, 0.6) is 5.88 Å². The first-order valence-corrected chi connectivity index (χ1v) is 7.55. The number of rotatable bonds is 2. The van der Waals surface area contributed by atoms with Crippen LogP contribution < -0.4 is 5.32 Å². The first-order chi connectivity index (χ1) is 11.0. The first-order valence-electron chi connectivity index (χ1n) is 7.14. The number of aromatic amines is 1. The predicted octanol–water partition coefficient (Wildman–Crippen LogP) is 4.97. The lowest BCUT2D eigenvalue weighted by molar-refractivity contribution is 0.459. The van der Waals surface area contributed by atoms with E-state index in [1.165, 1.54) is 0 Å². The molecular weight excluding hydrogens is 308 g/mol. The van der Waals surface area contributed by atoms with Gasteiger partial charge in [0.15, 0.2) is 5.69 Å². The fourth-order valence-corrected chi connectivity index (χ4v) is 2.47. The zero-order valence-corrected chi connectivity index (χ0v) is 13.6. The van der Waals surface area contributed by atoms with Crippen LogP contribution in [-0.2, 0) is 0 Å². The highest BCUT2D eigenvalue weighted by molar-refractivity contribution is 7.80. The van der Waals surface area contributed by atoms with E-state index in [1.807, 2.05) is 56.3 Å². The highest BCUT2D eigenvalue weighted by Gasteiger charge is 2.09. The second-order valence-electron chi connectivity index (χ2n) is 5.32. The second kappa shape index (κ2) is 6.18. The van der Waals surface area contributed by atoms with E-state index in [0.29, 0.717) is 5.69 Å². The van der Waals surface area contributed by atoms with Crippen molar-refractivity contribution in [3.05, 3.63) is 53.6 Å². The molecule has 3 N–H and O–H groups in total. The van der Waals surface area contributed by atoms with Crippen LogP contribution in [0.2, 0.25) is 0 Å². The Morgan fingerprint density at radius 3 is 2.78 bits per heavy atom. The number of nitrogens with zero attached hydrogens (tertiary/aromatic N) is 2. The number of aryl methyl sites for hydroxylation is 2. The van der Waals surface area contributed by atoms with Crippen molar-refractivity contribution < 1.29 is 5.11 Å². The average Bonchev–Trinajstić information content (AvgIpc) is 2.84. The van der Waals surface area contributed by atoms with Crippen molar-refractivity contribution in [2.45, 2.75) is 13.8 Å². The molecule has 0 saturated heterocycles. The molecule has 6 heteroatoms. The summed E-state index contributed by atoms with van der Waals surface area (Å²) in [5.41, 5.74) is 4.28. The van der Waals surface area contributed by atoms with E-state index >= 15 is 0 Å². The lowest BCUT2D eigenvalue weighted by atomic mass is 10.1. The minimum absolute atomic E-state index is 0.0236. The summed E-state index contributed by atoms with van der Waals surface area (Å²) in [5.74, 6) is -0.0236. The van der Waals surface area contributed by atoms with Crippen molar-refractivity contribution in [2.24, 2.45) is 10.2 Å². The Bertz CT molecular complexity index is 914. The molecule has 0 aliphatic carbocycles. The number of hydrogen-bond donors (Lipinski definition) is 3. The van der Waals surface area contributed by atoms with E-state index in [0.717, 1.165) is 27.7 Å². The van der Waals surface area contributed by atoms with Crippen LogP contribution in [0.3, 0.4) is 0 Å². The molecule has 3 aromatic rings. The van der Waals surface area contributed by atoms with Crippen molar-refractivity contribution in [1.82, 2.24) is 4.98 Å². The van der Waals surface area contributed by atoms with Gasteiger partial charge >= 0.3 is 0 Å². The van der Waals surface area contributed by atoms with Crippen LogP contribution >= 0.6 is 12.2 Å². The number of benzene rings is 2. The molecule has 1 aromatic heterocycles. The molecule has 0 bridgehead atoms. The van der Waals surface area contributed by atoms with Crippen LogP contribution in [0.1, 0.15) is 11.1 Å². The number of aromatic hydroxyl groups is 1. The van der Waals surface area contributed by atoms with Gasteiger partial charge in [0.1, 0.15) is 0 Å². The summed E-state index contributed by atoms with van der Waals surface area (Å²) in [5, 5.41) is 22.1. The number of para-hydroxylation sites is 1. The largest absolute Gasteiger partial charge is 0.493 e. The summed E-state index contributed by atoms with van der Waals surface area (Å²) in [6.45, 7) is 4.01. The minimum atomic E-state index is -0.0236. The summed E-state index contributed by atoms with van der Waals surface area (Å²) >= 11 is 5.21. The van der Waals surface area contributed by atoms with E-state index in [9.17, 15) is 5.11 Å². The standard InChI is InChI=1S/C17H16N4OS/c1-10-7-8-11(2)14(9-10)19-17(23)21-20-15-12-5-3-4-6-13(12)18-16(15)22/h3-9,18,22H,1-2H3,(H,19,23). The number of H-pyrrole nitrogens is 1. The van der Waals surface area contributed by atoms with E-state index in [1.54, 1.807) is 0 Å². The maximum Gasteiger partial charge on any atom is 0.218 e. The highest BCUT2D eigenvalue weighted by Crippen LogP contribution is 2.35. The molecule has 3 rings (SSSR count). The van der Waals surface area contributed by atoms with Crippen molar-refractivity contribution in [3.63, 3.8) is 0 Å². The third kappa shape index (κ3) is 3.22. The molecular formula is C17H16N4OS. The Morgan fingerprint density at radius 1 is 1.17 bits per heavy atom. The van der Waals surface area contributed by atoms with Gasteiger partial charge in [-0.15, -0.1) is 10.2 Å². The predicted molar refractivity (Wildman–Crippen MR) is 96.6 cm³/mol. The zero-order valence-electron chi connectivity index (χ0n) is 12.8. The summed E-state index contributed by atoms with van der Waals surface area (Å²) in [7, 11) is 0. The molecule has 116 valence electrons. The summed E-state index contributed by atoms with van der Waals surface area (Å²) in [4.78, 5) is 2.86.